The minimum absolute atomic E-state index is 0.00352. The zero-order valence-electron chi connectivity index (χ0n) is 16.6. The molecule has 0 radical (unpaired) electrons. The number of benzene rings is 1. The second-order valence-corrected chi connectivity index (χ2v) is 8.06. The zero-order chi connectivity index (χ0) is 20.8. The van der Waals surface area contributed by atoms with Crippen molar-refractivity contribution in [2.75, 3.05) is 7.11 Å². The third-order valence-corrected chi connectivity index (χ3v) is 6.01. The summed E-state index contributed by atoms with van der Waals surface area (Å²) in [5.74, 6) is 0.476. The number of nitrogens with zero attached hydrogens (tertiary/aromatic N) is 1. The molecule has 2 atom stereocenters. The number of halogens is 1. The monoisotopic (exact) mass is 410 g/mol. The van der Waals surface area contributed by atoms with Crippen molar-refractivity contribution in [3.05, 3.63) is 79.8 Å². The van der Waals surface area contributed by atoms with Gasteiger partial charge in [-0.15, -0.1) is 0 Å². The lowest BCUT2D eigenvalue weighted by Crippen LogP contribution is -2.40. The lowest BCUT2D eigenvalue weighted by Gasteiger charge is -2.45. The number of H-pyrrole nitrogens is 1. The average Bonchev–Trinajstić information content (AvgIpc) is 2.67. The summed E-state index contributed by atoms with van der Waals surface area (Å²) in [6.07, 6.45) is 7.49. The van der Waals surface area contributed by atoms with Crippen LogP contribution in [0.25, 0.3) is 0 Å². The fraction of sp³-hybridized carbons (Fsp3) is 0.304. The van der Waals surface area contributed by atoms with Crippen LogP contribution in [0, 0.1) is 5.92 Å². The summed E-state index contributed by atoms with van der Waals surface area (Å²) < 4.78 is 5.21. The smallest absolute Gasteiger partial charge is 0.248 e. The van der Waals surface area contributed by atoms with E-state index < -0.39 is 5.54 Å². The van der Waals surface area contributed by atoms with Crippen LogP contribution in [0.5, 0.6) is 11.5 Å². The van der Waals surface area contributed by atoms with Crippen LogP contribution in [0.1, 0.15) is 37.1 Å². The van der Waals surface area contributed by atoms with Crippen molar-refractivity contribution in [3.63, 3.8) is 0 Å². The summed E-state index contributed by atoms with van der Waals surface area (Å²) in [4.78, 5) is 20.0. The van der Waals surface area contributed by atoms with Gasteiger partial charge in [0.2, 0.25) is 5.56 Å². The Kier molecular flexibility index (Phi) is 4.87. The number of hydrogen-bond donors (Lipinski definition) is 2. The third kappa shape index (κ3) is 3.19. The van der Waals surface area contributed by atoms with Gasteiger partial charge >= 0.3 is 0 Å². The van der Waals surface area contributed by atoms with E-state index in [-0.39, 0.29) is 17.2 Å². The normalized spacial score (nSPS) is 24.5. The molecule has 2 aromatic rings. The molecule has 0 saturated heterocycles. The summed E-state index contributed by atoms with van der Waals surface area (Å²) >= 11 is 6.19. The number of methoxy groups -OCH3 is 1. The van der Waals surface area contributed by atoms with Crippen molar-refractivity contribution in [1.82, 2.24) is 4.98 Å². The molecular formula is C23H23ClN2O3. The largest absolute Gasteiger partial charge is 0.504 e. The molecule has 2 aliphatic rings. The number of rotatable bonds is 3. The molecule has 150 valence electrons. The Balaban J connectivity index is 1.92. The highest BCUT2D eigenvalue weighted by Crippen LogP contribution is 2.52. The first-order valence-electron chi connectivity index (χ1n) is 9.56. The van der Waals surface area contributed by atoms with Gasteiger partial charge < -0.3 is 14.8 Å². The molecule has 1 aromatic carbocycles. The number of hydrogen-bond acceptors (Lipinski definition) is 4. The Labute approximate surface area is 174 Å². The van der Waals surface area contributed by atoms with Gasteiger partial charge in [-0.1, -0.05) is 29.3 Å². The van der Waals surface area contributed by atoms with Crippen molar-refractivity contribution < 1.29 is 9.84 Å². The number of aromatic nitrogens is 1. The molecule has 4 rings (SSSR count). The van der Waals surface area contributed by atoms with Gasteiger partial charge in [0.1, 0.15) is 5.54 Å². The topological polar surface area (TPSA) is 74.7 Å². The average molecular weight is 411 g/mol. The molecule has 0 amide bonds. The van der Waals surface area contributed by atoms with Crippen LogP contribution in [-0.4, -0.2) is 23.4 Å². The maximum Gasteiger partial charge on any atom is 0.248 e. The van der Waals surface area contributed by atoms with E-state index in [1.165, 1.54) is 18.3 Å². The third-order valence-electron chi connectivity index (χ3n) is 5.79. The van der Waals surface area contributed by atoms with E-state index in [0.29, 0.717) is 22.8 Å². The van der Waals surface area contributed by atoms with E-state index in [1.54, 1.807) is 24.4 Å². The number of aromatic amines is 1. The number of nitrogens with one attached hydrogen (secondary N) is 1. The molecule has 6 heteroatoms. The van der Waals surface area contributed by atoms with Crippen LogP contribution < -0.4 is 10.3 Å². The van der Waals surface area contributed by atoms with E-state index in [0.717, 1.165) is 17.7 Å². The zero-order valence-corrected chi connectivity index (χ0v) is 17.4. The minimum atomic E-state index is -0.627. The van der Waals surface area contributed by atoms with Gasteiger partial charge in [-0.05, 0) is 38.0 Å². The van der Waals surface area contributed by atoms with Crippen molar-refractivity contribution in [2.24, 2.45) is 10.9 Å². The molecule has 5 nitrogen and oxygen atoms in total. The standard InChI is InChI=1S/C23H23ClN2O3/c1-4-17-14-7-13(2)11-23(17,18-5-6-21(27)26-19(18)9-14)25-12-15-8-16(24)10-20(29-3)22(15)28/h4-8,10,12,14,28H,9,11H2,1-3H3,(H,26,27)/t14-,23+/m0/s1. The first kappa shape index (κ1) is 19.5. The number of phenols is 1. The van der Waals surface area contributed by atoms with Crippen LogP contribution >= 0.6 is 11.6 Å². The molecule has 29 heavy (non-hydrogen) atoms. The molecule has 0 fully saturated rings. The maximum absolute atomic E-state index is 11.9. The van der Waals surface area contributed by atoms with Crippen molar-refractivity contribution in [2.45, 2.75) is 32.2 Å². The Morgan fingerprint density at radius 3 is 2.90 bits per heavy atom. The molecule has 0 unspecified atom stereocenters. The van der Waals surface area contributed by atoms with Gasteiger partial charge in [-0.3, -0.25) is 9.79 Å². The summed E-state index contributed by atoms with van der Waals surface area (Å²) in [5.41, 5.74) is 4.12. The van der Waals surface area contributed by atoms with Crippen LogP contribution in [0.15, 0.2) is 57.4 Å². The lowest BCUT2D eigenvalue weighted by molar-refractivity contribution is 0.373. The first-order valence-corrected chi connectivity index (χ1v) is 9.94. The van der Waals surface area contributed by atoms with Crippen molar-refractivity contribution in [1.29, 1.82) is 0 Å². The van der Waals surface area contributed by atoms with E-state index in [1.807, 2.05) is 13.0 Å². The highest BCUT2D eigenvalue weighted by Gasteiger charge is 2.46. The van der Waals surface area contributed by atoms with Crippen LogP contribution in [-0.2, 0) is 12.0 Å². The predicted octanol–water partition coefficient (Wildman–Crippen LogP) is 4.53. The van der Waals surface area contributed by atoms with Gasteiger partial charge in [-0.2, -0.15) is 0 Å². The fourth-order valence-electron chi connectivity index (χ4n) is 4.68. The number of fused-ring (bicyclic) bond motifs is 4. The number of aromatic hydroxyl groups is 1. The van der Waals surface area contributed by atoms with Gasteiger partial charge in [0, 0.05) is 52.5 Å². The minimum Gasteiger partial charge on any atom is -0.504 e. The number of pyridine rings is 1. The Morgan fingerprint density at radius 2 is 2.17 bits per heavy atom. The second-order valence-electron chi connectivity index (χ2n) is 7.62. The van der Waals surface area contributed by atoms with Gasteiger partial charge in [0.25, 0.3) is 0 Å². The van der Waals surface area contributed by atoms with E-state index in [9.17, 15) is 9.90 Å². The van der Waals surface area contributed by atoms with Crippen molar-refractivity contribution >= 4 is 17.8 Å². The van der Waals surface area contributed by atoms with Gasteiger partial charge in [0.15, 0.2) is 11.5 Å². The number of aliphatic imine (C=N–C) groups is 1. The second kappa shape index (κ2) is 7.23. The van der Waals surface area contributed by atoms with Crippen LogP contribution in [0.3, 0.4) is 0 Å². The summed E-state index contributed by atoms with van der Waals surface area (Å²) in [6, 6.07) is 6.65. The fourth-order valence-corrected chi connectivity index (χ4v) is 4.90. The Morgan fingerprint density at radius 1 is 1.38 bits per heavy atom. The molecule has 0 aliphatic heterocycles. The van der Waals surface area contributed by atoms with Crippen LogP contribution in [0.4, 0.5) is 0 Å². The number of phenolic OH excluding ortho intramolecular Hbond substituents is 1. The molecule has 1 heterocycles. The van der Waals surface area contributed by atoms with Gasteiger partial charge in [0.05, 0.1) is 7.11 Å². The summed E-state index contributed by atoms with van der Waals surface area (Å²) in [6.45, 7) is 4.14. The molecule has 2 N–H and O–H groups in total. The molecular weight excluding hydrogens is 388 g/mol. The molecule has 2 aliphatic carbocycles. The highest BCUT2D eigenvalue weighted by molar-refractivity contribution is 6.31. The first-order chi connectivity index (χ1) is 13.9. The quantitative estimate of drug-likeness (QED) is 0.576. The highest BCUT2D eigenvalue weighted by atomic mass is 35.5. The molecule has 1 aromatic heterocycles. The summed E-state index contributed by atoms with van der Waals surface area (Å²) in [7, 11) is 1.48. The van der Waals surface area contributed by atoms with Gasteiger partial charge in [-0.25, -0.2) is 0 Å². The predicted molar refractivity (Wildman–Crippen MR) is 115 cm³/mol. The molecule has 0 spiro atoms. The number of ether oxygens (including phenoxy) is 1. The SMILES string of the molecule is CC=C1[C@H]2C=C(C)C[C@]1(N=Cc1cc(Cl)cc(OC)c1O)c1ccc(=O)[nH]c1C2. The Hall–Kier alpha value is -2.79. The number of allylic oxidation sites excluding steroid dienone is 2. The van der Waals surface area contributed by atoms with Crippen molar-refractivity contribution in [3.8, 4) is 11.5 Å². The lowest BCUT2D eigenvalue weighted by atomic mass is 9.63. The van der Waals surface area contributed by atoms with E-state index in [2.05, 4.69) is 24.1 Å². The van der Waals surface area contributed by atoms with E-state index >= 15 is 0 Å². The van der Waals surface area contributed by atoms with Crippen LogP contribution in [0.2, 0.25) is 5.02 Å². The molecule has 2 bridgehead atoms. The van der Waals surface area contributed by atoms with E-state index in [4.69, 9.17) is 21.3 Å². The summed E-state index contributed by atoms with van der Waals surface area (Å²) in [5, 5.41) is 11.0. The maximum atomic E-state index is 11.9. The Bertz CT molecular complexity index is 1130. The molecule has 0 saturated carbocycles.